The molecule has 0 aromatic carbocycles. The Morgan fingerprint density at radius 2 is 1.60 bits per heavy atom. The number of nitrogens with zero attached hydrogens (tertiary/aromatic N) is 1. The van der Waals surface area contributed by atoms with Crippen LogP contribution in [0.2, 0.25) is 0 Å². The molecule has 108 valence electrons. The Labute approximate surface area is 120 Å². The maximum Gasteiger partial charge on any atom is 0.152 e. The lowest BCUT2D eigenvalue weighted by Gasteiger charge is -2.39. The summed E-state index contributed by atoms with van der Waals surface area (Å²) in [5, 5.41) is 8.40. The van der Waals surface area contributed by atoms with Gasteiger partial charge < -0.3 is 0 Å². The molecule has 3 heteroatoms. The van der Waals surface area contributed by atoms with Crippen molar-refractivity contribution in [3.63, 3.8) is 0 Å². The first-order chi connectivity index (χ1) is 9.65. The molecule has 1 nitrogen and oxygen atoms in total. The van der Waals surface area contributed by atoms with Crippen LogP contribution in [-0.2, 0) is 0 Å². The third-order valence-electron chi connectivity index (χ3n) is 4.95. The highest BCUT2D eigenvalue weighted by Gasteiger charge is 2.40. The zero-order valence-electron chi connectivity index (χ0n) is 11.7. The molecule has 0 radical (unpaired) electrons. The minimum absolute atomic E-state index is 0.130. The van der Waals surface area contributed by atoms with Gasteiger partial charge in [0.25, 0.3) is 0 Å². The first-order valence-electron chi connectivity index (χ1n) is 7.46. The van der Waals surface area contributed by atoms with E-state index in [2.05, 4.69) is 18.4 Å². The molecule has 2 aliphatic carbocycles. The molecule has 2 unspecified atom stereocenters. The van der Waals surface area contributed by atoms with Gasteiger partial charge in [0, 0.05) is 5.92 Å². The molecule has 0 aliphatic heterocycles. The third-order valence-corrected chi connectivity index (χ3v) is 4.95. The van der Waals surface area contributed by atoms with Crippen molar-refractivity contribution in [2.24, 2.45) is 23.7 Å². The van der Waals surface area contributed by atoms with Crippen LogP contribution < -0.4 is 0 Å². The third kappa shape index (κ3) is 3.40. The SMILES string of the molecule is C=CC1CCC(C2CC(F)C(C#CC#N)C(F)C2)CC1. The van der Waals surface area contributed by atoms with Crippen LogP contribution in [0.4, 0.5) is 8.78 Å². The molecular formula is C17H21F2N. The van der Waals surface area contributed by atoms with E-state index in [0.29, 0.717) is 24.7 Å². The van der Waals surface area contributed by atoms with Crippen molar-refractivity contribution in [3.8, 4) is 17.9 Å². The fraction of sp³-hybridized carbons (Fsp3) is 0.706. The normalized spacial score (nSPS) is 41.0. The quantitative estimate of drug-likeness (QED) is 0.548. The Hall–Kier alpha value is -1.35. The molecule has 0 heterocycles. The number of alkyl halides is 2. The zero-order valence-corrected chi connectivity index (χ0v) is 11.7. The molecule has 2 atom stereocenters. The first-order valence-corrected chi connectivity index (χ1v) is 7.46. The molecule has 2 rings (SSSR count). The maximum atomic E-state index is 14.1. The highest BCUT2D eigenvalue weighted by Crippen LogP contribution is 2.43. The van der Waals surface area contributed by atoms with Crippen LogP contribution in [0.15, 0.2) is 12.7 Å². The van der Waals surface area contributed by atoms with E-state index in [1.54, 1.807) is 6.07 Å². The van der Waals surface area contributed by atoms with Gasteiger partial charge in [0.05, 0.1) is 5.92 Å². The first kappa shape index (κ1) is 15.0. The second kappa shape index (κ2) is 6.89. The fourth-order valence-corrected chi connectivity index (χ4v) is 3.73. The molecule has 2 fully saturated rings. The Morgan fingerprint density at radius 3 is 2.10 bits per heavy atom. The van der Waals surface area contributed by atoms with Gasteiger partial charge in [0.1, 0.15) is 12.3 Å². The zero-order chi connectivity index (χ0) is 14.5. The van der Waals surface area contributed by atoms with Crippen molar-refractivity contribution in [2.45, 2.75) is 50.9 Å². The molecule has 0 aromatic heterocycles. The Kier molecular flexibility index (Phi) is 5.18. The summed E-state index contributed by atoms with van der Waals surface area (Å²) in [4.78, 5) is 0. The molecular weight excluding hydrogens is 256 g/mol. The summed E-state index contributed by atoms with van der Waals surface area (Å²) < 4.78 is 28.2. The number of rotatable bonds is 2. The Morgan fingerprint density at radius 1 is 1.00 bits per heavy atom. The topological polar surface area (TPSA) is 23.8 Å². The van der Waals surface area contributed by atoms with Crippen LogP contribution in [-0.4, -0.2) is 12.3 Å². The van der Waals surface area contributed by atoms with Crippen LogP contribution in [0, 0.1) is 46.8 Å². The second-order valence-electron chi connectivity index (χ2n) is 6.08. The van der Waals surface area contributed by atoms with Crippen molar-refractivity contribution >= 4 is 0 Å². The molecule has 0 saturated heterocycles. The van der Waals surface area contributed by atoms with Gasteiger partial charge in [-0.25, -0.2) is 8.78 Å². The highest BCUT2D eigenvalue weighted by atomic mass is 19.1. The fourth-order valence-electron chi connectivity index (χ4n) is 3.73. The van der Waals surface area contributed by atoms with Crippen molar-refractivity contribution in [2.75, 3.05) is 0 Å². The van der Waals surface area contributed by atoms with Crippen molar-refractivity contribution in [3.05, 3.63) is 12.7 Å². The van der Waals surface area contributed by atoms with Crippen LogP contribution in [0.3, 0.4) is 0 Å². The van der Waals surface area contributed by atoms with Gasteiger partial charge in [0.2, 0.25) is 0 Å². The number of allylic oxidation sites excluding steroid dienone is 1. The molecule has 0 aromatic rings. The number of hydrogen-bond donors (Lipinski definition) is 0. The Bertz CT molecular complexity index is 422. The number of hydrogen-bond acceptors (Lipinski definition) is 1. The molecule has 2 aliphatic rings. The van der Waals surface area contributed by atoms with Gasteiger partial charge in [-0.1, -0.05) is 12.0 Å². The van der Waals surface area contributed by atoms with E-state index < -0.39 is 18.3 Å². The van der Waals surface area contributed by atoms with Crippen LogP contribution in [0.25, 0.3) is 0 Å². The monoisotopic (exact) mass is 277 g/mol. The van der Waals surface area contributed by atoms with Crippen molar-refractivity contribution in [1.82, 2.24) is 0 Å². The second-order valence-corrected chi connectivity index (χ2v) is 6.08. The molecule has 20 heavy (non-hydrogen) atoms. The van der Waals surface area contributed by atoms with Crippen LogP contribution in [0.1, 0.15) is 38.5 Å². The van der Waals surface area contributed by atoms with E-state index in [1.165, 1.54) is 0 Å². The van der Waals surface area contributed by atoms with Gasteiger partial charge in [-0.3, -0.25) is 0 Å². The van der Waals surface area contributed by atoms with E-state index in [1.807, 2.05) is 6.08 Å². The molecule has 0 bridgehead atoms. The van der Waals surface area contributed by atoms with Crippen LogP contribution >= 0.6 is 0 Å². The Balaban J connectivity index is 1.94. The summed E-state index contributed by atoms with van der Waals surface area (Å²) in [7, 11) is 0. The summed E-state index contributed by atoms with van der Waals surface area (Å²) in [6.07, 6.45) is 4.62. The molecule has 0 amide bonds. The molecule has 2 saturated carbocycles. The van der Waals surface area contributed by atoms with Gasteiger partial charge in [-0.15, -0.1) is 6.58 Å². The van der Waals surface area contributed by atoms with Crippen LogP contribution in [0.5, 0.6) is 0 Å². The van der Waals surface area contributed by atoms with E-state index in [0.717, 1.165) is 25.7 Å². The molecule has 0 spiro atoms. The number of nitriles is 1. The summed E-state index contributed by atoms with van der Waals surface area (Å²) in [5.74, 6) is 4.82. The minimum Gasteiger partial charge on any atom is -0.246 e. The highest BCUT2D eigenvalue weighted by molar-refractivity contribution is 5.21. The van der Waals surface area contributed by atoms with Gasteiger partial charge >= 0.3 is 0 Å². The smallest absolute Gasteiger partial charge is 0.152 e. The van der Waals surface area contributed by atoms with E-state index in [9.17, 15) is 8.78 Å². The average Bonchev–Trinajstić information content (AvgIpc) is 2.46. The largest absolute Gasteiger partial charge is 0.246 e. The van der Waals surface area contributed by atoms with Gasteiger partial charge in [-0.2, -0.15) is 5.26 Å². The average molecular weight is 277 g/mol. The molecule has 0 N–H and O–H groups in total. The standard InChI is InChI=1S/C17H21F2N/c1-2-12-5-7-13(8-6-12)14-10-16(18)15(4-3-9-20)17(19)11-14/h2,12-17H,1,5-8,10-11H2. The summed E-state index contributed by atoms with van der Waals surface area (Å²) in [5.41, 5.74) is 0. The van der Waals surface area contributed by atoms with E-state index >= 15 is 0 Å². The number of halogens is 2. The van der Waals surface area contributed by atoms with Crippen molar-refractivity contribution < 1.29 is 8.78 Å². The maximum absolute atomic E-state index is 14.1. The van der Waals surface area contributed by atoms with Crippen molar-refractivity contribution in [1.29, 1.82) is 5.26 Å². The van der Waals surface area contributed by atoms with Gasteiger partial charge in [0.15, 0.2) is 6.07 Å². The summed E-state index contributed by atoms with van der Waals surface area (Å²) in [6.45, 7) is 3.82. The predicted octanol–water partition coefficient (Wildman–Crippen LogP) is 4.21. The lowest BCUT2D eigenvalue weighted by Crippen LogP contribution is -2.38. The summed E-state index contributed by atoms with van der Waals surface area (Å²) in [6, 6.07) is 1.64. The lowest BCUT2D eigenvalue weighted by atomic mass is 9.68. The van der Waals surface area contributed by atoms with E-state index in [-0.39, 0.29) is 5.92 Å². The predicted molar refractivity (Wildman–Crippen MR) is 75.0 cm³/mol. The lowest BCUT2D eigenvalue weighted by molar-refractivity contribution is 0.0406. The minimum atomic E-state index is -1.23. The van der Waals surface area contributed by atoms with Gasteiger partial charge in [-0.05, 0) is 56.3 Å². The van der Waals surface area contributed by atoms with E-state index in [4.69, 9.17) is 5.26 Å². The summed E-state index contributed by atoms with van der Waals surface area (Å²) >= 11 is 0.